The number of carbonyl (C=O) groups is 1. The first-order chi connectivity index (χ1) is 8.66. The number of nitrogens with zero attached hydrogens (tertiary/aromatic N) is 2. The summed E-state index contributed by atoms with van der Waals surface area (Å²) in [4.78, 5) is 16.9. The Labute approximate surface area is 135 Å². The van der Waals surface area contributed by atoms with Crippen LogP contribution in [0.15, 0.2) is 0 Å². The highest BCUT2D eigenvalue weighted by Crippen LogP contribution is 2.16. The van der Waals surface area contributed by atoms with Gasteiger partial charge in [-0.25, -0.2) is 0 Å². The highest BCUT2D eigenvalue weighted by Gasteiger charge is 2.28. The van der Waals surface area contributed by atoms with Crippen molar-refractivity contribution in [3.05, 3.63) is 0 Å². The minimum absolute atomic E-state index is 0. The third-order valence-electron chi connectivity index (χ3n) is 4.00. The van der Waals surface area contributed by atoms with E-state index in [9.17, 15) is 4.79 Å². The van der Waals surface area contributed by atoms with E-state index in [1.54, 1.807) is 0 Å². The van der Waals surface area contributed by atoms with Crippen molar-refractivity contribution in [1.82, 2.24) is 15.1 Å². The van der Waals surface area contributed by atoms with Crippen LogP contribution in [-0.2, 0) is 4.79 Å². The number of nitrogens with one attached hydrogen (secondary N) is 1. The Morgan fingerprint density at radius 3 is 2.15 bits per heavy atom. The maximum Gasteiger partial charge on any atom is 0.225 e. The standard InChI is InChI=1S/C14H27N3O.2ClH/c1-12(2)11-16-7-9-17(10-8-16)14(18)13-3-5-15-6-4-13;;/h12-13,15H,3-11H2,1-2H3;2*1H. The fourth-order valence-electron chi connectivity index (χ4n) is 2.99. The minimum Gasteiger partial charge on any atom is -0.340 e. The molecule has 0 atom stereocenters. The van der Waals surface area contributed by atoms with Crippen LogP contribution in [0.4, 0.5) is 0 Å². The molecule has 1 N–H and O–H groups in total. The number of amides is 1. The van der Waals surface area contributed by atoms with E-state index >= 15 is 0 Å². The second-order valence-electron chi connectivity index (χ2n) is 6.04. The molecule has 2 aliphatic heterocycles. The Hall–Kier alpha value is -0.0300. The van der Waals surface area contributed by atoms with Gasteiger partial charge in [0.1, 0.15) is 0 Å². The molecule has 4 nitrogen and oxygen atoms in total. The molecule has 2 heterocycles. The van der Waals surface area contributed by atoms with Crippen LogP contribution in [0.2, 0.25) is 0 Å². The van der Waals surface area contributed by atoms with Gasteiger partial charge in [0.25, 0.3) is 0 Å². The number of piperidine rings is 1. The quantitative estimate of drug-likeness (QED) is 0.856. The summed E-state index contributed by atoms with van der Waals surface area (Å²) < 4.78 is 0. The maximum atomic E-state index is 12.4. The topological polar surface area (TPSA) is 35.6 Å². The number of halogens is 2. The van der Waals surface area contributed by atoms with E-state index < -0.39 is 0 Å². The molecule has 20 heavy (non-hydrogen) atoms. The summed E-state index contributed by atoms with van der Waals surface area (Å²) in [5, 5.41) is 3.32. The molecule has 0 aromatic rings. The molecule has 1 amide bonds. The summed E-state index contributed by atoms with van der Waals surface area (Å²) in [6, 6.07) is 0. The van der Waals surface area contributed by atoms with Gasteiger partial charge < -0.3 is 10.2 Å². The van der Waals surface area contributed by atoms with Gasteiger partial charge in [-0.2, -0.15) is 0 Å². The summed E-state index contributed by atoms with van der Waals surface area (Å²) in [5.41, 5.74) is 0. The van der Waals surface area contributed by atoms with Gasteiger partial charge >= 0.3 is 0 Å². The van der Waals surface area contributed by atoms with E-state index in [1.807, 2.05) is 0 Å². The van der Waals surface area contributed by atoms with Gasteiger partial charge in [0.05, 0.1) is 0 Å². The third kappa shape index (κ3) is 5.76. The fraction of sp³-hybridized carbons (Fsp3) is 0.929. The first-order valence-corrected chi connectivity index (χ1v) is 7.38. The average Bonchev–Trinajstić information content (AvgIpc) is 2.39. The number of hydrogen-bond acceptors (Lipinski definition) is 3. The second-order valence-corrected chi connectivity index (χ2v) is 6.04. The van der Waals surface area contributed by atoms with Crippen LogP contribution in [0.3, 0.4) is 0 Å². The zero-order valence-corrected chi connectivity index (χ0v) is 14.3. The smallest absolute Gasteiger partial charge is 0.225 e. The average molecular weight is 326 g/mol. The van der Waals surface area contributed by atoms with E-state index in [1.165, 1.54) is 0 Å². The van der Waals surface area contributed by atoms with Crippen LogP contribution in [0, 0.1) is 11.8 Å². The Morgan fingerprint density at radius 2 is 1.65 bits per heavy atom. The largest absolute Gasteiger partial charge is 0.340 e. The van der Waals surface area contributed by atoms with E-state index in [0.717, 1.165) is 64.6 Å². The van der Waals surface area contributed by atoms with Gasteiger partial charge in [-0.1, -0.05) is 13.8 Å². The van der Waals surface area contributed by atoms with Gasteiger partial charge in [0, 0.05) is 38.6 Å². The molecule has 0 unspecified atom stereocenters. The summed E-state index contributed by atoms with van der Waals surface area (Å²) in [7, 11) is 0. The summed E-state index contributed by atoms with van der Waals surface area (Å²) in [5.74, 6) is 1.40. The lowest BCUT2D eigenvalue weighted by Crippen LogP contribution is -2.51. The first-order valence-electron chi connectivity index (χ1n) is 7.38. The normalized spacial score (nSPS) is 21.2. The van der Waals surface area contributed by atoms with Gasteiger partial charge in [0.15, 0.2) is 0 Å². The predicted molar refractivity (Wildman–Crippen MR) is 87.9 cm³/mol. The Bertz CT molecular complexity index is 276. The highest BCUT2D eigenvalue weighted by atomic mass is 35.5. The molecule has 2 aliphatic rings. The monoisotopic (exact) mass is 325 g/mol. The molecule has 0 aromatic heterocycles. The summed E-state index contributed by atoms with van der Waals surface area (Å²) in [6.07, 6.45) is 2.04. The Morgan fingerprint density at radius 1 is 1.10 bits per heavy atom. The lowest BCUT2D eigenvalue weighted by Gasteiger charge is -2.37. The van der Waals surface area contributed by atoms with Crippen molar-refractivity contribution in [2.45, 2.75) is 26.7 Å². The lowest BCUT2D eigenvalue weighted by molar-refractivity contribution is -0.138. The molecule has 2 saturated heterocycles. The lowest BCUT2D eigenvalue weighted by atomic mass is 9.96. The predicted octanol–water partition coefficient (Wildman–Crippen LogP) is 1.63. The van der Waals surface area contributed by atoms with Gasteiger partial charge in [-0.15, -0.1) is 24.8 Å². The second kappa shape index (κ2) is 9.82. The number of hydrogen-bond donors (Lipinski definition) is 1. The SMILES string of the molecule is CC(C)CN1CCN(C(=O)C2CCNCC2)CC1.Cl.Cl. The van der Waals surface area contributed by atoms with Crippen molar-refractivity contribution >= 4 is 30.7 Å². The molecule has 2 rings (SSSR count). The molecule has 120 valence electrons. The van der Waals surface area contributed by atoms with Crippen molar-refractivity contribution in [3.63, 3.8) is 0 Å². The molecule has 0 aliphatic carbocycles. The highest BCUT2D eigenvalue weighted by molar-refractivity contribution is 5.85. The third-order valence-corrected chi connectivity index (χ3v) is 4.00. The molecular formula is C14H29Cl2N3O. The molecule has 0 bridgehead atoms. The van der Waals surface area contributed by atoms with Crippen LogP contribution in [0.5, 0.6) is 0 Å². The van der Waals surface area contributed by atoms with Crippen molar-refractivity contribution < 1.29 is 4.79 Å². The van der Waals surface area contributed by atoms with Crippen molar-refractivity contribution in [1.29, 1.82) is 0 Å². The molecule has 0 saturated carbocycles. The van der Waals surface area contributed by atoms with Crippen LogP contribution in [-0.4, -0.2) is 61.5 Å². The molecule has 0 radical (unpaired) electrons. The number of rotatable bonds is 3. The summed E-state index contributed by atoms with van der Waals surface area (Å²) in [6.45, 7) is 11.6. The van der Waals surface area contributed by atoms with Crippen molar-refractivity contribution in [2.24, 2.45) is 11.8 Å². The maximum absolute atomic E-state index is 12.4. The first kappa shape index (κ1) is 20.0. The van der Waals surface area contributed by atoms with E-state index in [0.29, 0.717) is 5.91 Å². The molecular weight excluding hydrogens is 297 g/mol. The number of carbonyl (C=O) groups excluding carboxylic acids is 1. The van der Waals surface area contributed by atoms with E-state index in [-0.39, 0.29) is 30.7 Å². The molecule has 0 spiro atoms. The molecule has 0 aromatic carbocycles. The van der Waals surface area contributed by atoms with Crippen molar-refractivity contribution in [2.75, 3.05) is 45.8 Å². The van der Waals surface area contributed by atoms with Gasteiger partial charge in [0.2, 0.25) is 5.91 Å². The van der Waals surface area contributed by atoms with Crippen molar-refractivity contribution in [3.8, 4) is 0 Å². The van der Waals surface area contributed by atoms with Crippen LogP contribution in [0.1, 0.15) is 26.7 Å². The van der Waals surface area contributed by atoms with Gasteiger partial charge in [-0.3, -0.25) is 9.69 Å². The van der Waals surface area contributed by atoms with Crippen LogP contribution < -0.4 is 5.32 Å². The van der Waals surface area contributed by atoms with Crippen LogP contribution >= 0.6 is 24.8 Å². The van der Waals surface area contributed by atoms with E-state index in [4.69, 9.17) is 0 Å². The Balaban J connectivity index is 0.00000180. The van der Waals surface area contributed by atoms with E-state index in [2.05, 4.69) is 29.0 Å². The molecule has 2 fully saturated rings. The number of piperazine rings is 1. The Kier molecular flexibility index (Phi) is 9.81. The van der Waals surface area contributed by atoms with Crippen LogP contribution in [0.25, 0.3) is 0 Å². The fourth-order valence-corrected chi connectivity index (χ4v) is 2.99. The van der Waals surface area contributed by atoms with Gasteiger partial charge in [-0.05, 0) is 31.8 Å². The minimum atomic E-state index is 0. The molecule has 6 heteroatoms. The zero-order chi connectivity index (χ0) is 13.0. The summed E-state index contributed by atoms with van der Waals surface area (Å²) >= 11 is 0. The zero-order valence-electron chi connectivity index (χ0n) is 12.6.